The summed E-state index contributed by atoms with van der Waals surface area (Å²) in [4.78, 5) is 11.3. The van der Waals surface area contributed by atoms with E-state index >= 15 is 0 Å². The van der Waals surface area contributed by atoms with E-state index in [-0.39, 0.29) is 24.7 Å². The third-order valence-electron chi connectivity index (χ3n) is 12.3. The van der Waals surface area contributed by atoms with Crippen molar-refractivity contribution in [1.29, 1.82) is 0 Å². The van der Waals surface area contributed by atoms with Crippen molar-refractivity contribution in [2.45, 2.75) is 136 Å². The number of aliphatic hydroxyl groups excluding tert-OH is 3. The zero-order valence-electron chi connectivity index (χ0n) is 26.1. The minimum atomic E-state index is -1.29. The highest BCUT2D eigenvalue weighted by Crippen LogP contribution is 2.67. The monoisotopic (exact) mass is 576 g/mol. The number of aliphatic hydroxyl groups is 3. The molecule has 1 aliphatic heterocycles. The van der Waals surface area contributed by atoms with E-state index in [1.165, 1.54) is 57.4 Å². The summed E-state index contributed by atoms with van der Waals surface area (Å²) in [5.74, 6) is 3.77. The molecule has 1 saturated heterocycles. The highest BCUT2D eigenvalue weighted by atomic mass is 16.7. The van der Waals surface area contributed by atoms with Crippen molar-refractivity contribution < 1.29 is 34.3 Å². The topological polar surface area (TPSA) is 105 Å². The number of carbonyl (C=O) groups excluding carboxylic acids is 1. The largest absolute Gasteiger partial charge is 0.457 e. The van der Waals surface area contributed by atoms with Gasteiger partial charge in [0.25, 0.3) is 0 Å². The number of esters is 1. The fourth-order valence-electron chi connectivity index (χ4n) is 10.3. The van der Waals surface area contributed by atoms with Gasteiger partial charge in [-0.2, -0.15) is 0 Å². The Hall–Kier alpha value is -0.990. The van der Waals surface area contributed by atoms with Gasteiger partial charge in [-0.1, -0.05) is 58.6 Å². The number of allylic oxidation sites excluding steroid dienone is 1. The van der Waals surface area contributed by atoms with Crippen molar-refractivity contribution in [1.82, 2.24) is 0 Å². The van der Waals surface area contributed by atoms with Crippen molar-refractivity contribution in [3.8, 4) is 0 Å². The van der Waals surface area contributed by atoms with Gasteiger partial charge < -0.3 is 29.5 Å². The minimum Gasteiger partial charge on any atom is -0.457 e. The Kier molecular flexibility index (Phi) is 9.62. The Morgan fingerprint density at radius 2 is 1.85 bits per heavy atom. The number of fused-ring (bicyclic) bond motifs is 5. The smallest absolute Gasteiger partial charge is 0.303 e. The average molecular weight is 577 g/mol. The van der Waals surface area contributed by atoms with Gasteiger partial charge >= 0.3 is 5.97 Å². The molecule has 0 unspecified atom stereocenters. The average Bonchev–Trinajstić information content (AvgIpc) is 3.29. The minimum absolute atomic E-state index is 0.0142. The third-order valence-corrected chi connectivity index (χ3v) is 12.3. The second-order valence-corrected chi connectivity index (χ2v) is 15.0. The van der Waals surface area contributed by atoms with Crippen LogP contribution >= 0.6 is 0 Å². The molecule has 7 nitrogen and oxygen atoms in total. The van der Waals surface area contributed by atoms with E-state index in [0.717, 1.165) is 49.4 Å². The molecule has 12 atom stereocenters. The molecule has 7 heteroatoms. The molecular weight excluding hydrogens is 520 g/mol. The summed E-state index contributed by atoms with van der Waals surface area (Å²) in [6.07, 6.45) is 10.6. The van der Waals surface area contributed by atoms with Gasteiger partial charge in [-0.05, 0) is 92.3 Å². The van der Waals surface area contributed by atoms with Crippen LogP contribution in [0.15, 0.2) is 11.6 Å². The predicted molar refractivity (Wildman–Crippen MR) is 157 cm³/mol. The molecule has 0 amide bonds. The van der Waals surface area contributed by atoms with E-state index in [1.807, 2.05) is 0 Å². The van der Waals surface area contributed by atoms with Crippen LogP contribution < -0.4 is 0 Å². The molecule has 5 rings (SSSR count). The summed E-state index contributed by atoms with van der Waals surface area (Å²) in [6.45, 7) is 11.2. The quantitative estimate of drug-likeness (QED) is 0.249. The lowest BCUT2D eigenvalue weighted by molar-refractivity contribution is -0.287. The van der Waals surface area contributed by atoms with Crippen molar-refractivity contribution in [3.63, 3.8) is 0 Å². The van der Waals surface area contributed by atoms with E-state index in [2.05, 4.69) is 33.8 Å². The highest BCUT2D eigenvalue weighted by Gasteiger charge is 2.60. The first kappa shape index (κ1) is 31.4. The Morgan fingerprint density at radius 1 is 1.07 bits per heavy atom. The molecule has 0 spiro atoms. The van der Waals surface area contributed by atoms with Gasteiger partial charge in [0.05, 0.1) is 19.3 Å². The van der Waals surface area contributed by atoms with Crippen molar-refractivity contribution in [2.75, 3.05) is 13.2 Å². The number of hydrogen-bond donors (Lipinski definition) is 3. The summed E-state index contributed by atoms with van der Waals surface area (Å²) >= 11 is 0. The second kappa shape index (κ2) is 12.6. The molecule has 234 valence electrons. The van der Waals surface area contributed by atoms with Crippen LogP contribution in [0.3, 0.4) is 0 Å². The standard InChI is InChI=1S/C34H56O7/c1-20(2)7-6-8-21(3)26-11-12-27-25-10-9-23-17-24(13-16-34(23,19-35)28(25)14-15-33(26,27)5)41-32-31(38)30(37)29(18-39-32)40-22(4)36/h9,20-21,24-32,35,37-38H,6-8,10-19H2,1-5H3/t21-,24+,25+,26-,27+,28+,29-,30-,31+,32+,33-,34-/m1/s1. The Labute approximate surface area is 247 Å². The fraction of sp³-hybridized carbons (Fsp3) is 0.912. The number of ether oxygens (including phenoxy) is 3. The van der Waals surface area contributed by atoms with Crippen molar-refractivity contribution in [2.24, 2.45) is 46.3 Å². The summed E-state index contributed by atoms with van der Waals surface area (Å²) in [5, 5.41) is 32.1. The van der Waals surface area contributed by atoms with E-state index in [1.54, 1.807) is 0 Å². The van der Waals surface area contributed by atoms with E-state index in [0.29, 0.717) is 17.3 Å². The third kappa shape index (κ3) is 5.92. The van der Waals surface area contributed by atoms with Gasteiger partial charge in [-0.15, -0.1) is 0 Å². The molecule has 3 N–H and O–H groups in total. The summed E-state index contributed by atoms with van der Waals surface area (Å²) < 4.78 is 17.0. The summed E-state index contributed by atoms with van der Waals surface area (Å²) in [6, 6.07) is 0. The number of hydrogen-bond acceptors (Lipinski definition) is 7. The highest BCUT2D eigenvalue weighted by molar-refractivity contribution is 5.66. The summed E-state index contributed by atoms with van der Waals surface area (Å²) in [7, 11) is 0. The Bertz CT molecular complexity index is 949. The molecule has 0 radical (unpaired) electrons. The maximum Gasteiger partial charge on any atom is 0.303 e. The molecule has 0 aromatic carbocycles. The van der Waals surface area contributed by atoms with Gasteiger partial charge in [0.1, 0.15) is 12.2 Å². The van der Waals surface area contributed by atoms with Crippen LogP contribution in [0.25, 0.3) is 0 Å². The molecule has 5 aliphatic rings. The molecule has 4 aliphatic carbocycles. The second-order valence-electron chi connectivity index (χ2n) is 15.0. The van der Waals surface area contributed by atoms with Gasteiger partial charge in [0.15, 0.2) is 12.4 Å². The lowest BCUT2D eigenvalue weighted by Crippen LogP contribution is -2.56. The van der Waals surface area contributed by atoms with E-state index < -0.39 is 30.6 Å². The Balaban J connectivity index is 1.24. The first-order valence-electron chi connectivity index (χ1n) is 16.6. The summed E-state index contributed by atoms with van der Waals surface area (Å²) in [5.41, 5.74) is 1.57. The van der Waals surface area contributed by atoms with Gasteiger partial charge in [0, 0.05) is 12.3 Å². The van der Waals surface area contributed by atoms with Crippen molar-refractivity contribution >= 4 is 5.97 Å². The molecule has 41 heavy (non-hydrogen) atoms. The van der Waals surface area contributed by atoms with Crippen LogP contribution in [0.2, 0.25) is 0 Å². The number of rotatable bonds is 9. The van der Waals surface area contributed by atoms with E-state index in [9.17, 15) is 20.1 Å². The van der Waals surface area contributed by atoms with Gasteiger partial charge in [-0.3, -0.25) is 4.79 Å². The lowest BCUT2D eigenvalue weighted by Gasteiger charge is -2.59. The molecule has 3 saturated carbocycles. The lowest BCUT2D eigenvalue weighted by atomic mass is 9.46. The van der Waals surface area contributed by atoms with Gasteiger partial charge in [-0.25, -0.2) is 0 Å². The Morgan fingerprint density at radius 3 is 2.56 bits per heavy atom. The van der Waals surface area contributed by atoms with E-state index in [4.69, 9.17) is 14.2 Å². The molecule has 0 aromatic heterocycles. The molecule has 0 bridgehead atoms. The van der Waals surface area contributed by atoms with Crippen LogP contribution in [-0.2, 0) is 19.0 Å². The fourth-order valence-corrected chi connectivity index (χ4v) is 10.3. The normalized spacial score (nSPS) is 44.9. The first-order valence-corrected chi connectivity index (χ1v) is 16.6. The van der Waals surface area contributed by atoms with Crippen LogP contribution in [-0.4, -0.2) is 65.2 Å². The van der Waals surface area contributed by atoms with Crippen molar-refractivity contribution in [3.05, 3.63) is 11.6 Å². The first-order chi connectivity index (χ1) is 19.5. The SMILES string of the molecule is CC(=O)O[C@@H]1CO[C@@H](O[C@H]2CC[C@@]3(CO)C(=CC[C@@H]4[C@@H]3CC[C@]3(C)[C@@H]([C@H](C)CCCC(C)C)CC[C@@H]43)C2)[C@@H](O)[C@@H]1O. The molecular formula is C34H56O7. The van der Waals surface area contributed by atoms with Crippen LogP contribution in [0.5, 0.6) is 0 Å². The molecule has 0 aromatic rings. The zero-order chi connectivity index (χ0) is 29.5. The molecule has 4 fully saturated rings. The van der Waals surface area contributed by atoms with Crippen LogP contribution in [0.4, 0.5) is 0 Å². The zero-order valence-corrected chi connectivity index (χ0v) is 26.1. The molecule has 1 heterocycles. The number of carbonyl (C=O) groups is 1. The maximum absolute atomic E-state index is 11.3. The predicted octanol–water partition coefficient (Wildman–Crippen LogP) is 5.40. The van der Waals surface area contributed by atoms with Crippen LogP contribution in [0, 0.1) is 46.3 Å². The maximum atomic E-state index is 11.3. The van der Waals surface area contributed by atoms with Crippen LogP contribution in [0.1, 0.15) is 105 Å². The van der Waals surface area contributed by atoms with Gasteiger partial charge in [0.2, 0.25) is 0 Å².